The maximum absolute atomic E-state index is 15.5. The number of para-hydroxylation sites is 3. The molecule has 0 spiro atoms. The Labute approximate surface area is 228 Å². The third-order valence-corrected chi connectivity index (χ3v) is 8.76. The van der Waals surface area contributed by atoms with Gasteiger partial charge in [0.25, 0.3) is 0 Å². The molecule has 184 valence electrons. The van der Waals surface area contributed by atoms with E-state index in [1.165, 1.54) is 0 Å². The van der Waals surface area contributed by atoms with Gasteiger partial charge in [0.1, 0.15) is 11.6 Å². The van der Waals surface area contributed by atoms with Gasteiger partial charge in [-0.2, -0.15) is 0 Å². The number of fused-ring (bicyclic) bond motifs is 6. The highest BCUT2D eigenvalue weighted by atomic mass is 32.1. The van der Waals surface area contributed by atoms with E-state index < -0.39 is 0 Å². The number of aromatic nitrogens is 2. The van der Waals surface area contributed by atoms with Crippen LogP contribution in [0.2, 0.25) is 0 Å². The van der Waals surface area contributed by atoms with Gasteiger partial charge in [-0.3, -0.25) is 4.57 Å². The molecule has 4 heteroatoms. The van der Waals surface area contributed by atoms with Crippen molar-refractivity contribution in [2.24, 2.45) is 0 Å². The van der Waals surface area contributed by atoms with E-state index in [-0.39, 0.29) is 5.82 Å². The lowest BCUT2D eigenvalue weighted by Gasteiger charge is -2.15. The fourth-order valence-corrected chi connectivity index (χ4v) is 7.08. The van der Waals surface area contributed by atoms with Crippen LogP contribution in [0, 0.1) is 5.82 Å². The highest BCUT2D eigenvalue weighted by molar-refractivity contribution is 7.27. The first-order valence-corrected chi connectivity index (χ1v) is 13.7. The van der Waals surface area contributed by atoms with E-state index >= 15 is 4.39 Å². The Hall–Kier alpha value is -4.80. The molecule has 0 radical (unpaired) electrons. The minimum atomic E-state index is -0.206. The number of hydrogen-bond donors (Lipinski definition) is 0. The van der Waals surface area contributed by atoms with Gasteiger partial charge in [-0.15, -0.1) is 11.3 Å². The van der Waals surface area contributed by atoms with Gasteiger partial charge in [0.15, 0.2) is 0 Å². The van der Waals surface area contributed by atoms with Crippen molar-refractivity contribution >= 4 is 53.3 Å². The van der Waals surface area contributed by atoms with Gasteiger partial charge in [-0.25, -0.2) is 9.37 Å². The lowest BCUT2D eigenvalue weighted by atomic mass is 10.0. The average molecular weight is 521 g/mol. The second-order valence-electron chi connectivity index (χ2n) is 9.71. The summed E-state index contributed by atoms with van der Waals surface area (Å²) in [6, 6.07) is 43.0. The Kier molecular flexibility index (Phi) is 4.91. The van der Waals surface area contributed by atoms with Crippen LogP contribution in [0.15, 0.2) is 127 Å². The van der Waals surface area contributed by atoms with E-state index in [1.54, 1.807) is 17.4 Å². The predicted octanol–water partition coefficient (Wildman–Crippen LogP) is 10.0. The highest BCUT2D eigenvalue weighted by Gasteiger charge is 2.22. The van der Waals surface area contributed by atoms with Crippen LogP contribution in [0.3, 0.4) is 0 Å². The summed E-state index contributed by atoms with van der Waals surface area (Å²) in [7, 11) is 0. The molecule has 0 aliphatic heterocycles. The third kappa shape index (κ3) is 3.35. The fraction of sp³-hybridized carbons (Fsp3) is 0. The Morgan fingerprint density at radius 2 is 1.36 bits per heavy atom. The molecule has 2 nitrogen and oxygen atoms in total. The molecule has 0 saturated carbocycles. The Morgan fingerprint density at radius 3 is 2.28 bits per heavy atom. The Balaban J connectivity index is 1.49. The van der Waals surface area contributed by atoms with Crippen molar-refractivity contribution < 1.29 is 4.39 Å². The minimum Gasteiger partial charge on any atom is -0.292 e. The zero-order valence-electron chi connectivity index (χ0n) is 20.8. The van der Waals surface area contributed by atoms with Gasteiger partial charge in [0, 0.05) is 31.3 Å². The van der Waals surface area contributed by atoms with Crippen LogP contribution in [0.5, 0.6) is 0 Å². The first kappa shape index (κ1) is 22.2. The van der Waals surface area contributed by atoms with Crippen LogP contribution in [0.25, 0.3) is 70.2 Å². The monoisotopic (exact) mass is 520 g/mol. The summed E-state index contributed by atoms with van der Waals surface area (Å²) in [4.78, 5) is 5.15. The molecule has 0 bridgehead atoms. The minimum absolute atomic E-state index is 0.206. The standard InChI is InChI=1S/C35H21FN2S/c36-28-21-20-27(34-32(28)26-19-18-23-12-4-5-14-25(23)33(26)39-34)35-37-29-15-7-9-17-31(29)38(35)30-16-8-6-13-24(30)22-10-2-1-3-11-22/h1-21H. The van der Waals surface area contributed by atoms with Crippen molar-refractivity contribution in [2.75, 3.05) is 0 Å². The Bertz CT molecular complexity index is 2190. The van der Waals surface area contributed by atoms with Crippen molar-refractivity contribution in [3.8, 4) is 28.2 Å². The highest BCUT2D eigenvalue weighted by Crippen LogP contribution is 2.45. The fourth-order valence-electron chi connectivity index (χ4n) is 5.72. The summed E-state index contributed by atoms with van der Waals surface area (Å²) in [5, 5.41) is 3.90. The molecule has 39 heavy (non-hydrogen) atoms. The molecule has 8 aromatic rings. The molecular weight excluding hydrogens is 499 g/mol. The van der Waals surface area contributed by atoms with Crippen LogP contribution in [0.1, 0.15) is 0 Å². The van der Waals surface area contributed by atoms with E-state index in [1.807, 2.05) is 42.5 Å². The lowest BCUT2D eigenvalue weighted by Crippen LogP contribution is -2.00. The van der Waals surface area contributed by atoms with Gasteiger partial charge >= 0.3 is 0 Å². The molecule has 0 aliphatic carbocycles. The molecular formula is C35H21FN2S. The quantitative estimate of drug-likeness (QED) is 0.227. The molecule has 6 aromatic carbocycles. The summed E-state index contributed by atoms with van der Waals surface area (Å²) in [6.07, 6.45) is 0. The van der Waals surface area contributed by atoms with Crippen LogP contribution in [0.4, 0.5) is 4.39 Å². The first-order chi connectivity index (χ1) is 19.3. The molecule has 0 atom stereocenters. The van der Waals surface area contributed by atoms with Gasteiger partial charge in [0.2, 0.25) is 0 Å². The number of benzene rings is 6. The molecule has 0 unspecified atom stereocenters. The van der Waals surface area contributed by atoms with Crippen LogP contribution < -0.4 is 0 Å². The number of rotatable bonds is 3. The number of halogens is 1. The number of imidazole rings is 1. The number of nitrogens with zero attached hydrogens (tertiary/aromatic N) is 2. The van der Waals surface area contributed by atoms with Crippen molar-refractivity contribution in [3.63, 3.8) is 0 Å². The van der Waals surface area contributed by atoms with Gasteiger partial charge in [-0.1, -0.05) is 97.1 Å². The van der Waals surface area contributed by atoms with E-state index in [2.05, 4.69) is 83.4 Å². The molecule has 0 saturated heterocycles. The van der Waals surface area contributed by atoms with E-state index in [4.69, 9.17) is 4.98 Å². The second kappa shape index (κ2) is 8.62. The van der Waals surface area contributed by atoms with Crippen molar-refractivity contribution in [1.29, 1.82) is 0 Å². The normalized spacial score (nSPS) is 11.7. The summed E-state index contributed by atoms with van der Waals surface area (Å²) in [5.74, 6) is 0.600. The second-order valence-corrected chi connectivity index (χ2v) is 10.7. The molecule has 8 rings (SSSR count). The van der Waals surface area contributed by atoms with Crippen molar-refractivity contribution in [1.82, 2.24) is 9.55 Å². The average Bonchev–Trinajstić information content (AvgIpc) is 3.58. The van der Waals surface area contributed by atoms with Crippen LogP contribution in [-0.2, 0) is 0 Å². The molecule has 2 heterocycles. The maximum Gasteiger partial charge on any atom is 0.147 e. The van der Waals surface area contributed by atoms with Crippen LogP contribution in [-0.4, -0.2) is 9.55 Å². The smallest absolute Gasteiger partial charge is 0.147 e. The third-order valence-electron chi connectivity index (χ3n) is 7.49. The Morgan fingerprint density at radius 1 is 0.590 bits per heavy atom. The maximum atomic E-state index is 15.5. The van der Waals surface area contributed by atoms with E-state index in [9.17, 15) is 0 Å². The molecule has 0 aliphatic rings. The SMILES string of the molecule is Fc1ccc(-c2nc3ccccc3n2-c2ccccc2-c2ccccc2)c2sc3c4ccccc4ccc3c12. The van der Waals surface area contributed by atoms with Gasteiger partial charge in [0.05, 0.1) is 16.7 Å². The van der Waals surface area contributed by atoms with Gasteiger partial charge in [-0.05, 0) is 46.7 Å². The van der Waals surface area contributed by atoms with Crippen LogP contribution >= 0.6 is 11.3 Å². The van der Waals surface area contributed by atoms with E-state index in [0.717, 1.165) is 64.8 Å². The summed E-state index contributed by atoms with van der Waals surface area (Å²) in [5.41, 5.74) is 6.13. The summed E-state index contributed by atoms with van der Waals surface area (Å²) >= 11 is 1.65. The molecule has 0 N–H and O–H groups in total. The molecule has 0 amide bonds. The first-order valence-electron chi connectivity index (χ1n) is 12.9. The topological polar surface area (TPSA) is 17.8 Å². The van der Waals surface area contributed by atoms with Gasteiger partial charge < -0.3 is 0 Å². The zero-order chi connectivity index (χ0) is 25.9. The summed E-state index contributed by atoms with van der Waals surface area (Å²) in [6.45, 7) is 0. The number of thiophene rings is 1. The largest absolute Gasteiger partial charge is 0.292 e. The zero-order valence-corrected chi connectivity index (χ0v) is 21.6. The lowest BCUT2D eigenvalue weighted by molar-refractivity contribution is 0.641. The summed E-state index contributed by atoms with van der Waals surface area (Å²) < 4.78 is 19.8. The molecule has 0 fully saturated rings. The number of hydrogen-bond acceptors (Lipinski definition) is 2. The predicted molar refractivity (Wildman–Crippen MR) is 162 cm³/mol. The van der Waals surface area contributed by atoms with Crippen molar-refractivity contribution in [2.45, 2.75) is 0 Å². The van der Waals surface area contributed by atoms with E-state index in [0.29, 0.717) is 5.39 Å². The van der Waals surface area contributed by atoms with Crippen molar-refractivity contribution in [3.05, 3.63) is 133 Å². The molecule has 2 aromatic heterocycles.